The summed E-state index contributed by atoms with van der Waals surface area (Å²) in [5.74, 6) is 1.83. The van der Waals surface area contributed by atoms with Crippen LogP contribution in [0.3, 0.4) is 0 Å². The van der Waals surface area contributed by atoms with E-state index in [4.69, 9.17) is 9.15 Å². The van der Waals surface area contributed by atoms with Crippen LogP contribution in [0.4, 0.5) is 5.69 Å². The zero-order valence-electron chi connectivity index (χ0n) is 11.6. The molecule has 0 saturated carbocycles. The lowest BCUT2D eigenvalue weighted by molar-refractivity contribution is 0.415. The lowest BCUT2D eigenvalue weighted by atomic mass is 10.2. The van der Waals surface area contributed by atoms with Crippen molar-refractivity contribution in [1.29, 1.82) is 0 Å². The van der Waals surface area contributed by atoms with Crippen LogP contribution in [-0.4, -0.2) is 21.2 Å². The van der Waals surface area contributed by atoms with Crippen molar-refractivity contribution in [3.63, 3.8) is 0 Å². The van der Waals surface area contributed by atoms with Gasteiger partial charge in [0.05, 0.1) is 19.9 Å². The fraction of sp³-hybridized carbons (Fsp3) is 0.333. The van der Waals surface area contributed by atoms with Crippen LogP contribution < -0.4 is 15.0 Å². The summed E-state index contributed by atoms with van der Waals surface area (Å²) in [7, 11) is 5.64. The SMILES string of the molecule is CNCc1coc(CN(C)c2ccc(OC)cc2)c1. The molecule has 0 aliphatic heterocycles. The first-order valence-corrected chi connectivity index (χ1v) is 6.29. The van der Waals surface area contributed by atoms with Gasteiger partial charge in [-0.15, -0.1) is 0 Å². The Labute approximate surface area is 114 Å². The summed E-state index contributed by atoms with van der Waals surface area (Å²) < 4.78 is 10.7. The Hall–Kier alpha value is -1.94. The van der Waals surface area contributed by atoms with E-state index in [0.29, 0.717) is 0 Å². The molecule has 4 nitrogen and oxygen atoms in total. The van der Waals surface area contributed by atoms with Crippen LogP contribution in [0.5, 0.6) is 5.75 Å². The lowest BCUT2D eigenvalue weighted by Crippen LogP contribution is -2.15. The first kappa shape index (κ1) is 13.5. The number of rotatable bonds is 6. The number of nitrogens with one attached hydrogen (secondary N) is 1. The van der Waals surface area contributed by atoms with Crippen molar-refractivity contribution in [2.24, 2.45) is 0 Å². The van der Waals surface area contributed by atoms with Crippen molar-refractivity contribution < 1.29 is 9.15 Å². The molecular weight excluding hydrogens is 240 g/mol. The summed E-state index contributed by atoms with van der Waals surface area (Å²) in [6, 6.07) is 10.1. The van der Waals surface area contributed by atoms with E-state index in [-0.39, 0.29) is 0 Å². The monoisotopic (exact) mass is 260 g/mol. The van der Waals surface area contributed by atoms with Crippen molar-refractivity contribution in [3.05, 3.63) is 47.9 Å². The Morgan fingerprint density at radius 3 is 2.63 bits per heavy atom. The molecule has 2 aromatic rings. The molecule has 1 heterocycles. The van der Waals surface area contributed by atoms with E-state index in [0.717, 1.165) is 30.3 Å². The second-order valence-electron chi connectivity index (χ2n) is 4.51. The molecule has 0 aliphatic rings. The number of anilines is 1. The Morgan fingerprint density at radius 2 is 2.00 bits per heavy atom. The Balaban J connectivity index is 2.00. The molecule has 0 spiro atoms. The van der Waals surface area contributed by atoms with E-state index >= 15 is 0 Å². The first-order chi connectivity index (χ1) is 9.22. The topological polar surface area (TPSA) is 37.6 Å². The van der Waals surface area contributed by atoms with Gasteiger partial charge in [0.15, 0.2) is 0 Å². The summed E-state index contributed by atoms with van der Waals surface area (Å²) in [6.45, 7) is 1.58. The molecule has 0 atom stereocenters. The van der Waals surface area contributed by atoms with Gasteiger partial charge in [-0.1, -0.05) is 0 Å². The van der Waals surface area contributed by atoms with Gasteiger partial charge in [0.25, 0.3) is 0 Å². The number of hydrogen-bond donors (Lipinski definition) is 1. The highest BCUT2D eigenvalue weighted by Gasteiger charge is 2.06. The molecule has 0 fully saturated rings. The number of hydrogen-bond acceptors (Lipinski definition) is 4. The van der Waals surface area contributed by atoms with Crippen LogP contribution in [0.25, 0.3) is 0 Å². The molecular formula is C15H20N2O2. The molecule has 0 unspecified atom stereocenters. The minimum Gasteiger partial charge on any atom is -0.497 e. The minimum absolute atomic E-state index is 0.746. The zero-order valence-corrected chi connectivity index (χ0v) is 11.6. The number of nitrogens with zero attached hydrogens (tertiary/aromatic N) is 1. The summed E-state index contributed by atoms with van der Waals surface area (Å²) in [5, 5.41) is 3.11. The van der Waals surface area contributed by atoms with Crippen LogP contribution in [0, 0.1) is 0 Å². The third kappa shape index (κ3) is 3.51. The van der Waals surface area contributed by atoms with Crippen molar-refractivity contribution in [2.75, 3.05) is 26.1 Å². The summed E-state index contributed by atoms with van der Waals surface area (Å²) in [5.41, 5.74) is 2.30. The smallest absolute Gasteiger partial charge is 0.123 e. The molecule has 0 amide bonds. The maximum absolute atomic E-state index is 5.55. The second kappa shape index (κ2) is 6.29. The van der Waals surface area contributed by atoms with E-state index < -0.39 is 0 Å². The van der Waals surface area contributed by atoms with E-state index in [9.17, 15) is 0 Å². The molecule has 4 heteroatoms. The standard InChI is InChI=1S/C15H20N2O2/c1-16-9-12-8-15(19-11-12)10-17(2)13-4-6-14(18-3)7-5-13/h4-8,11,16H,9-10H2,1-3H3. The molecule has 0 radical (unpaired) electrons. The van der Waals surface area contributed by atoms with Crippen LogP contribution >= 0.6 is 0 Å². The van der Waals surface area contributed by atoms with Crippen LogP contribution in [0.15, 0.2) is 41.0 Å². The van der Waals surface area contributed by atoms with Crippen molar-refractivity contribution in [2.45, 2.75) is 13.1 Å². The highest BCUT2D eigenvalue weighted by molar-refractivity contribution is 5.48. The quantitative estimate of drug-likeness (QED) is 0.866. The fourth-order valence-corrected chi connectivity index (χ4v) is 1.97. The van der Waals surface area contributed by atoms with Crippen molar-refractivity contribution in [3.8, 4) is 5.75 Å². The predicted octanol–water partition coefficient (Wildman–Crippen LogP) is 2.64. The van der Waals surface area contributed by atoms with E-state index in [1.807, 2.05) is 38.4 Å². The van der Waals surface area contributed by atoms with Gasteiger partial charge >= 0.3 is 0 Å². The zero-order chi connectivity index (χ0) is 13.7. The maximum atomic E-state index is 5.55. The molecule has 102 valence electrons. The molecule has 1 aromatic heterocycles. The average molecular weight is 260 g/mol. The molecule has 0 aliphatic carbocycles. The third-order valence-electron chi connectivity index (χ3n) is 3.00. The van der Waals surface area contributed by atoms with Gasteiger partial charge in [0, 0.05) is 24.8 Å². The number of benzene rings is 1. The summed E-state index contributed by atoms with van der Waals surface area (Å²) in [6.07, 6.45) is 1.80. The lowest BCUT2D eigenvalue weighted by Gasteiger charge is -2.18. The molecule has 0 bridgehead atoms. The fourth-order valence-electron chi connectivity index (χ4n) is 1.97. The van der Waals surface area contributed by atoms with Gasteiger partial charge in [-0.2, -0.15) is 0 Å². The Kier molecular flexibility index (Phi) is 4.47. The highest BCUT2D eigenvalue weighted by atomic mass is 16.5. The largest absolute Gasteiger partial charge is 0.497 e. The van der Waals surface area contributed by atoms with Crippen molar-refractivity contribution >= 4 is 5.69 Å². The van der Waals surface area contributed by atoms with E-state index in [1.165, 1.54) is 5.56 Å². The molecule has 2 rings (SSSR count). The van der Waals surface area contributed by atoms with E-state index in [1.54, 1.807) is 13.4 Å². The summed E-state index contributed by atoms with van der Waals surface area (Å²) >= 11 is 0. The molecule has 19 heavy (non-hydrogen) atoms. The number of methoxy groups -OCH3 is 1. The minimum atomic E-state index is 0.746. The highest BCUT2D eigenvalue weighted by Crippen LogP contribution is 2.20. The Morgan fingerprint density at radius 1 is 1.26 bits per heavy atom. The molecule has 0 saturated heterocycles. The summed E-state index contributed by atoms with van der Waals surface area (Å²) in [4.78, 5) is 2.14. The maximum Gasteiger partial charge on any atom is 0.123 e. The third-order valence-corrected chi connectivity index (χ3v) is 3.00. The van der Waals surface area contributed by atoms with Gasteiger partial charge in [0.2, 0.25) is 0 Å². The van der Waals surface area contributed by atoms with Gasteiger partial charge in [-0.25, -0.2) is 0 Å². The normalized spacial score (nSPS) is 10.5. The Bertz CT molecular complexity index is 505. The van der Waals surface area contributed by atoms with Crippen LogP contribution in [0.1, 0.15) is 11.3 Å². The number of ether oxygens (including phenoxy) is 1. The molecule has 1 aromatic carbocycles. The first-order valence-electron chi connectivity index (χ1n) is 6.29. The van der Waals surface area contributed by atoms with Gasteiger partial charge in [0.1, 0.15) is 11.5 Å². The van der Waals surface area contributed by atoms with Gasteiger partial charge in [-0.05, 0) is 37.4 Å². The van der Waals surface area contributed by atoms with Gasteiger partial charge < -0.3 is 19.4 Å². The predicted molar refractivity (Wildman–Crippen MR) is 76.6 cm³/mol. The second-order valence-corrected chi connectivity index (χ2v) is 4.51. The van der Waals surface area contributed by atoms with Crippen LogP contribution in [0.2, 0.25) is 0 Å². The average Bonchev–Trinajstić information content (AvgIpc) is 2.86. The number of furan rings is 1. The van der Waals surface area contributed by atoms with E-state index in [2.05, 4.69) is 16.3 Å². The van der Waals surface area contributed by atoms with Crippen molar-refractivity contribution in [1.82, 2.24) is 5.32 Å². The van der Waals surface area contributed by atoms with Gasteiger partial charge in [-0.3, -0.25) is 0 Å². The van der Waals surface area contributed by atoms with Crippen LogP contribution in [-0.2, 0) is 13.1 Å². The molecule has 1 N–H and O–H groups in total.